The zero-order chi connectivity index (χ0) is 16.9. The summed E-state index contributed by atoms with van der Waals surface area (Å²) in [5.41, 5.74) is 1.62. The van der Waals surface area contributed by atoms with Crippen molar-refractivity contribution < 1.29 is 16.8 Å². The van der Waals surface area contributed by atoms with Gasteiger partial charge in [0.2, 0.25) is 20.0 Å². The second-order valence-electron chi connectivity index (χ2n) is 5.86. The van der Waals surface area contributed by atoms with E-state index in [4.69, 9.17) is 0 Å². The molecule has 0 unspecified atom stereocenters. The second kappa shape index (κ2) is 7.74. The standard InChI is InChI=1S/C15H24N2O4S2/c1-14-7-3-4-8-15(14)13-22(18,19)16-9-12-23(20,21)17-10-5-2-6-11-17/h3-4,7-8,16H,2,5-6,9-13H2,1H3. The Morgan fingerprint density at radius 2 is 1.70 bits per heavy atom. The molecule has 1 heterocycles. The number of aryl methyl sites for hydroxylation is 1. The first-order valence-corrected chi connectivity index (χ1v) is 11.1. The summed E-state index contributed by atoms with van der Waals surface area (Å²) in [7, 11) is -6.92. The Hall–Kier alpha value is -0.960. The molecule has 1 aliphatic heterocycles. The van der Waals surface area contributed by atoms with Crippen LogP contribution in [0.4, 0.5) is 0 Å². The third kappa shape index (κ3) is 5.56. The Balaban J connectivity index is 1.88. The van der Waals surface area contributed by atoms with Gasteiger partial charge in [-0.15, -0.1) is 0 Å². The van der Waals surface area contributed by atoms with E-state index < -0.39 is 20.0 Å². The fourth-order valence-electron chi connectivity index (χ4n) is 2.63. The fourth-order valence-corrected chi connectivity index (χ4v) is 5.44. The third-order valence-corrected chi connectivity index (χ3v) is 7.20. The molecular formula is C15H24N2O4S2. The van der Waals surface area contributed by atoms with Crippen molar-refractivity contribution in [2.75, 3.05) is 25.4 Å². The average molecular weight is 361 g/mol. The summed E-state index contributed by atoms with van der Waals surface area (Å²) in [6.07, 6.45) is 2.80. The third-order valence-electron chi connectivity index (χ3n) is 4.00. The molecule has 0 aromatic heterocycles. The summed E-state index contributed by atoms with van der Waals surface area (Å²) in [5, 5.41) is 0. The summed E-state index contributed by atoms with van der Waals surface area (Å²) < 4.78 is 52.4. The van der Waals surface area contributed by atoms with Gasteiger partial charge in [-0.05, 0) is 30.9 Å². The predicted molar refractivity (Wildman–Crippen MR) is 91.0 cm³/mol. The van der Waals surface area contributed by atoms with Gasteiger partial charge in [-0.1, -0.05) is 30.7 Å². The van der Waals surface area contributed by atoms with Crippen LogP contribution in [-0.2, 0) is 25.8 Å². The monoisotopic (exact) mass is 360 g/mol. The SMILES string of the molecule is Cc1ccccc1CS(=O)(=O)NCCS(=O)(=O)N1CCCCC1. The minimum absolute atomic E-state index is 0.0902. The number of rotatable bonds is 7. The first kappa shape index (κ1) is 18.4. The Labute approximate surface area is 139 Å². The molecule has 6 nitrogen and oxygen atoms in total. The molecule has 23 heavy (non-hydrogen) atoms. The first-order chi connectivity index (χ1) is 10.8. The second-order valence-corrected chi connectivity index (χ2v) is 9.75. The zero-order valence-electron chi connectivity index (χ0n) is 13.4. The molecule has 2 rings (SSSR count). The van der Waals surface area contributed by atoms with E-state index in [1.165, 1.54) is 4.31 Å². The lowest BCUT2D eigenvalue weighted by molar-refractivity contribution is 0.346. The van der Waals surface area contributed by atoms with Crippen LogP contribution in [0.25, 0.3) is 0 Å². The van der Waals surface area contributed by atoms with Crippen LogP contribution in [0.5, 0.6) is 0 Å². The van der Waals surface area contributed by atoms with E-state index in [-0.39, 0.29) is 18.1 Å². The quantitative estimate of drug-likeness (QED) is 0.793. The van der Waals surface area contributed by atoms with Crippen LogP contribution in [0.3, 0.4) is 0 Å². The highest BCUT2D eigenvalue weighted by Gasteiger charge is 2.24. The van der Waals surface area contributed by atoms with Crippen molar-refractivity contribution in [1.29, 1.82) is 0 Å². The van der Waals surface area contributed by atoms with E-state index in [2.05, 4.69) is 4.72 Å². The molecule has 1 saturated heterocycles. The lowest BCUT2D eigenvalue weighted by Crippen LogP contribution is -2.40. The van der Waals surface area contributed by atoms with Gasteiger partial charge in [0.1, 0.15) is 0 Å². The maximum atomic E-state index is 12.2. The molecule has 0 spiro atoms. The summed E-state index contributed by atoms with van der Waals surface area (Å²) in [6, 6.07) is 7.26. The Bertz CT molecular complexity index is 724. The van der Waals surface area contributed by atoms with E-state index in [0.29, 0.717) is 13.1 Å². The molecule has 8 heteroatoms. The van der Waals surface area contributed by atoms with Crippen molar-refractivity contribution in [1.82, 2.24) is 9.03 Å². The Kier molecular flexibility index (Phi) is 6.19. The highest BCUT2D eigenvalue weighted by molar-refractivity contribution is 7.89. The van der Waals surface area contributed by atoms with Gasteiger partial charge in [-0.2, -0.15) is 0 Å². The van der Waals surface area contributed by atoms with Gasteiger partial charge in [0, 0.05) is 19.6 Å². The summed E-state index contributed by atoms with van der Waals surface area (Å²) in [5.74, 6) is -0.330. The molecule has 0 radical (unpaired) electrons. The van der Waals surface area contributed by atoms with Gasteiger partial charge in [-0.25, -0.2) is 25.9 Å². The van der Waals surface area contributed by atoms with E-state index in [1.54, 1.807) is 12.1 Å². The van der Waals surface area contributed by atoms with Crippen molar-refractivity contribution in [2.45, 2.75) is 31.9 Å². The minimum atomic E-state index is -3.54. The number of nitrogens with zero attached hydrogens (tertiary/aromatic N) is 1. The molecule has 1 fully saturated rings. The van der Waals surface area contributed by atoms with Crippen LogP contribution in [0.15, 0.2) is 24.3 Å². The molecule has 0 amide bonds. The van der Waals surface area contributed by atoms with Crippen LogP contribution in [0, 0.1) is 6.92 Å². The summed E-state index contributed by atoms with van der Waals surface area (Å²) >= 11 is 0. The number of sulfonamides is 2. The average Bonchev–Trinajstić information content (AvgIpc) is 2.50. The predicted octanol–water partition coefficient (Wildman–Crippen LogP) is 1.23. The molecule has 1 aromatic carbocycles. The smallest absolute Gasteiger partial charge is 0.214 e. The molecule has 1 aromatic rings. The van der Waals surface area contributed by atoms with Crippen molar-refractivity contribution >= 4 is 20.0 Å². The number of nitrogens with one attached hydrogen (secondary N) is 1. The number of hydrogen-bond acceptors (Lipinski definition) is 4. The minimum Gasteiger partial charge on any atom is -0.214 e. The number of piperidine rings is 1. The van der Waals surface area contributed by atoms with E-state index in [0.717, 1.165) is 30.4 Å². The van der Waals surface area contributed by atoms with Gasteiger partial charge in [0.25, 0.3) is 0 Å². The van der Waals surface area contributed by atoms with Crippen molar-refractivity contribution in [3.8, 4) is 0 Å². The lowest BCUT2D eigenvalue weighted by Gasteiger charge is -2.25. The van der Waals surface area contributed by atoms with Gasteiger partial charge >= 0.3 is 0 Å². The molecule has 1 aliphatic rings. The van der Waals surface area contributed by atoms with E-state index in [9.17, 15) is 16.8 Å². The first-order valence-electron chi connectivity index (χ1n) is 7.80. The van der Waals surface area contributed by atoms with Gasteiger partial charge in [0.15, 0.2) is 0 Å². The number of hydrogen-bond donors (Lipinski definition) is 1. The maximum Gasteiger partial charge on any atom is 0.215 e. The van der Waals surface area contributed by atoms with Crippen molar-refractivity contribution in [2.24, 2.45) is 0 Å². The lowest BCUT2D eigenvalue weighted by atomic mass is 10.1. The Morgan fingerprint density at radius 1 is 1.04 bits per heavy atom. The molecule has 0 aliphatic carbocycles. The number of benzene rings is 1. The highest BCUT2D eigenvalue weighted by atomic mass is 32.2. The van der Waals surface area contributed by atoms with Crippen LogP contribution < -0.4 is 4.72 Å². The fraction of sp³-hybridized carbons (Fsp3) is 0.600. The topological polar surface area (TPSA) is 83.5 Å². The molecule has 130 valence electrons. The molecule has 0 atom stereocenters. The van der Waals surface area contributed by atoms with Crippen LogP contribution >= 0.6 is 0 Å². The maximum absolute atomic E-state index is 12.2. The van der Waals surface area contributed by atoms with Gasteiger partial charge in [0.05, 0.1) is 11.5 Å². The Morgan fingerprint density at radius 3 is 2.35 bits per heavy atom. The van der Waals surface area contributed by atoms with Crippen molar-refractivity contribution in [3.63, 3.8) is 0 Å². The highest BCUT2D eigenvalue weighted by Crippen LogP contribution is 2.13. The van der Waals surface area contributed by atoms with E-state index >= 15 is 0 Å². The van der Waals surface area contributed by atoms with Crippen molar-refractivity contribution in [3.05, 3.63) is 35.4 Å². The summed E-state index contributed by atoms with van der Waals surface area (Å²) in [6.45, 7) is 2.84. The summed E-state index contributed by atoms with van der Waals surface area (Å²) in [4.78, 5) is 0. The van der Waals surface area contributed by atoms with Crippen LogP contribution in [-0.4, -0.2) is 46.5 Å². The molecule has 0 bridgehead atoms. The van der Waals surface area contributed by atoms with Gasteiger partial charge < -0.3 is 0 Å². The largest absolute Gasteiger partial charge is 0.215 e. The molecule has 1 N–H and O–H groups in total. The van der Waals surface area contributed by atoms with E-state index in [1.807, 2.05) is 19.1 Å². The molecule has 0 saturated carbocycles. The van der Waals surface area contributed by atoms with Gasteiger partial charge in [-0.3, -0.25) is 0 Å². The van der Waals surface area contributed by atoms with Crippen LogP contribution in [0.2, 0.25) is 0 Å². The normalized spacial score (nSPS) is 17.3. The molecular weight excluding hydrogens is 336 g/mol. The van der Waals surface area contributed by atoms with Crippen LogP contribution in [0.1, 0.15) is 30.4 Å². The zero-order valence-corrected chi connectivity index (χ0v) is 15.0.